The Morgan fingerprint density at radius 3 is 2.75 bits per heavy atom. The van der Waals surface area contributed by atoms with Gasteiger partial charge in [-0.05, 0) is 24.6 Å². The van der Waals surface area contributed by atoms with Gasteiger partial charge in [-0.25, -0.2) is 4.98 Å². The zero-order chi connectivity index (χ0) is 19.6. The Hall–Kier alpha value is -1.88. The predicted octanol–water partition coefficient (Wildman–Crippen LogP) is 2.44. The predicted molar refractivity (Wildman–Crippen MR) is 125 cm³/mol. The Morgan fingerprint density at radius 2 is 2.11 bits per heavy atom. The minimum Gasteiger partial charge on any atom is -0.484 e. The molecule has 154 valence electrons. The molecule has 0 saturated heterocycles. The highest BCUT2D eigenvalue weighted by molar-refractivity contribution is 14.0. The average molecular weight is 517 g/mol. The highest BCUT2D eigenvalue weighted by Gasteiger charge is 2.06. The smallest absolute Gasteiger partial charge is 0.259 e. The first-order valence-electron chi connectivity index (χ1n) is 8.75. The quantitative estimate of drug-likeness (QED) is 0.320. The van der Waals surface area contributed by atoms with Crippen LogP contribution in [0.1, 0.15) is 16.3 Å². The van der Waals surface area contributed by atoms with Crippen LogP contribution < -0.4 is 15.4 Å². The zero-order valence-electron chi connectivity index (χ0n) is 16.7. The number of nitrogens with one attached hydrogen (secondary N) is 2. The number of hydrogen-bond donors (Lipinski definition) is 2. The highest BCUT2D eigenvalue weighted by Crippen LogP contribution is 2.13. The Bertz CT molecular complexity index is 779. The van der Waals surface area contributed by atoms with Crippen molar-refractivity contribution in [1.29, 1.82) is 0 Å². The lowest BCUT2D eigenvalue weighted by molar-refractivity contribution is -0.130. The molecule has 1 amide bonds. The van der Waals surface area contributed by atoms with Crippen molar-refractivity contribution >= 4 is 47.2 Å². The molecule has 2 N–H and O–H groups in total. The summed E-state index contributed by atoms with van der Waals surface area (Å²) in [6, 6.07) is 7.67. The van der Waals surface area contributed by atoms with E-state index in [4.69, 9.17) is 4.74 Å². The molecule has 0 aliphatic carbocycles. The summed E-state index contributed by atoms with van der Waals surface area (Å²) in [5, 5.41) is 9.73. The van der Waals surface area contributed by atoms with Gasteiger partial charge in [-0.3, -0.25) is 9.79 Å². The number of carbonyl (C=O) groups excluding carboxylic acids is 1. The van der Waals surface area contributed by atoms with Gasteiger partial charge in [0.05, 0.1) is 10.7 Å². The number of carbonyl (C=O) groups is 1. The fraction of sp³-hybridized carbons (Fsp3) is 0.421. The van der Waals surface area contributed by atoms with Crippen LogP contribution in [0.25, 0.3) is 0 Å². The molecule has 0 aliphatic rings. The molecule has 1 aromatic heterocycles. The van der Waals surface area contributed by atoms with Gasteiger partial charge in [-0.2, -0.15) is 0 Å². The number of aromatic nitrogens is 1. The van der Waals surface area contributed by atoms with Crippen molar-refractivity contribution in [3.63, 3.8) is 0 Å². The molecule has 0 atom stereocenters. The first-order valence-corrected chi connectivity index (χ1v) is 9.63. The van der Waals surface area contributed by atoms with Crippen molar-refractivity contribution in [2.24, 2.45) is 4.99 Å². The Morgan fingerprint density at radius 1 is 1.32 bits per heavy atom. The number of benzene rings is 1. The van der Waals surface area contributed by atoms with Crippen LogP contribution in [0, 0.1) is 6.92 Å². The maximum absolute atomic E-state index is 11.6. The monoisotopic (exact) mass is 517 g/mol. The number of aryl methyl sites for hydroxylation is 1. The largest absolute Gasteiger partial charge is 0.484 e. The molecule has 1 heterocycles. The van der Waals surface area contributed by atoms with E-state index in [9.17, 15) is 4.79 Å². The fourth-order valence-corrected chi connectivity index (χ4v) is 2.90. The standard InChI is InChI=1S/C19H27N5O2S.HI/c1-14-23-16(13-27-14)8-9-21-19(20-2)22-11-15-6-5-7-17(10-15)26-12-18(25)24(3)4;/h5-7,10,13H,8-9,11-12H2,1-4H3,(H2,20,21,22);1H. The lowest BCUT2D eigenvalue weighted by atomic mass is 10.2. The van der Waals surface area contributed by atoms with Crippen LogP contribution >= 0.6 is 35.3 Å². The molecule has 0 saturated carbocycles. The third-order valence-electron chi connectivity index (χ3n) is 3.78. The third-order valence-corrected chi connectivity index (χ3v) is 4.61. The highest BCUT2D eigenvalue weighted by atomic mass is 127. The SMILES string of the molecule is CN=C(NCCc1csc(C)n1)NCc1cccc(OCC(=O)N(C)C)c1.I. The van der Waals surface area contributed by atoms with E-state index in [0.29, 0.717) is 12.3 Å². The van der Waals surface area contributed by atoms with Crippen molar-refractivity contribution < 1.29 is 9.53 Å². The molecule has 28 heavy (non-hydrogen) atoms. The summed E-state index contributed by atoms with van der Waals surface area (Å²) in [6.07, 6.45) is 0.855. The van der Waals surface area contributed by atoms with E-state index >= 15 is 0 Å². The molecule has 7 nitrogen and oxygen atoms in total. The topological polar surface area (TPSA) is 78.9 Å². The molecular formula is C19H28IN5O2S. The zero-order valence-corrected chi connectivity index (χ0v) is 19.8. The Labute approximate surface area is 187 Å². The number of halogens is 1. The van der Waals surface area contributed by atoms with Crippen molar-refractivity contribution in [1.82, 2.24) is 20.5 Å². The summed E-state index contributed by atoms with van der Waals surface area (Å²) in [5.74, 6) is 1.33. The number of amides is 1. The molecule has 0 spiro atoms. The lowest BCUT2D eigenvalue weighted by Gasteiger charge is -2.13. The van der Waals surface area contributed by atoms with Gasteiger partial charge in [0, 0.05) is 46.0 Å². The number of ether oxygens (including phenoxy) is 1. The van der Waals surface area contributed by atoms with Crippen LogP contribution in [0.3, 0.4) is 0 Å². The van der Waals surface area contributed by atoms with Gasteiger partial charge in [0.1, 0.15) is 5.75 Å². The first kappa shape index (κ1) is 24.2. The van der Waals surface area contributed by atoms with Gasteiger partial charge in [-0.15, -0.1) is 35.3 Å². The maximum Gasteiger partial charge on any atom is 0.259 e. The van der Waals surface area contributed by atoms with Crippen molar-refractivity contribution in [3.8, 4) is 5.75 Å². The minimum atomic E-state index is -0.0709. The van der Waals surface area contributed by atoms with Crippen LogP contribution in [0.2, 0.25) is 0 Å². The summed E-state index contributed by atoms with van der Waals surface area (Å²) >= 11 is 1.66. The van der Waals surface area contributed by atoms with Gasteiger partial charge in [-0.1, -0.05) is 12.1 Å². The fourth-order valence-electron chi connectivity index (χ4n) is 2.26. The van der Waals surface area contributed by atoms with Crippen LogP contribution in [-0.2, 0) is 17.8 Å². The van der Waals surface area contributed by atoms with E-state index in [1.54, 1.807) is 32.5 Å². The maximum atomic E-state index is 11.6. The van der Waals surface area contributed by atoms with Crippen molar-refractivity contribution in [2.75, 3.05) is 34.3 Å². The summed E-state index contributed by atoms with van der Waals surface area (Å²) in [5.41, 5.74) is 2.14. The molecule has 0 aliphatic heterocycles. The summed E-state index contributed by atoms with van der Waals surface area (Å²) in [6.45, 7) is 3.41. The molecule has 9 heteroatoms. The first-order chi connectivity index (χ1) is 13.0. The molecule has 0 fully saturated rings. The third kappa shape index (κ3) is 8.42. The number of thiazole rings is 1. The Balaban J connectivity index is 0.00000392. The molecule has 1 aromatic carbocycles. The number of aliphatic imine (C=N–C) groups is 1. The molecule has 0 bridgehead atoms. The van der Waals surface area contributed by atoms with Gasteiger partial charge >= 0.3 is 0 Å². The van der Waals surface area contributed by atoms with Crippen LogP contribution in [-0.4, -0.2) is 56.0 Å². The van der Waals surface area contributed by atoms with Crippen molar-refractivity contribution in [2.45, 2.75) is 19.9 Å². The molecule has 2 rings (SSSR count). The van der Waals surface area contributed by atoms with Gasteiger partial charge < -0.3 is 20.3 Å². The number of rotatable bonds is 8. The molecule has 0 unspecified atom stereocenters. The molecule has 0 radical (unpaired) electrons. The van der Waals surface area contributed by atoms with E-state index in [0.717, 1.165) is 35.2 Å². The molecular weight excluding hydrogens is 489 g/mol. The van der Waals surface area contributed by atoms with Crippen LogP contribution in [0.5, 0.6) is 5.75 Å². The second-order valence-electron chi connectivity index (χ2n) is 6.18. The summed E-state index contributed by atoms with van der Waals surface area (Å²) < 4.78 is 5.55. The lowest BCUT2D eigenvalue weighted by Crippen LogP contribution is -2.37. The van der Waals surface area contributed by atoms with Crippen molar-refractivity contribution in [3.05, 3.63) is 45.9 Å². The van der Waals surface area contributed by atoms with E-state index in [2.05, 4.69) is 26.0 Å². The summed E-state index contributed by atoms with van der Waals surface area (Å²) in [7, 11) is 5.16. The number of nitrogens with zero attached hydrogens (tertiary/aromatic N) is 3. The van der Waals surface area contributed by atoms with Gasteiger partial charge in [0.2, 0.25) is 0 Å². The van der Waals surface area contributed by atoms with Crippen LogP contribution in [0.4, 0.5) is 0 Å². The Kier molecular flexibility index (Phi) is 10.8. The van der Waals surface area contributed by atoms with Gasteiger partial charge in [0.15, 0.2) is 12.6 Å². The number of hydrogen-bond acceptors (Lipinski definition) is 5. The number of likely N-dealkylation sites (N-methyl/N-ethyl adjacent to an activating group) is 1. The second-order valence-corrected chi connectivity index (χ2v) is 7.25. The summed E-state index contributed by atoms with van der Waals surface area (Å²) in [4.78, 5) is 21.8. The van der Waals surface area contributed by atoms with E-state index < -0.39 is 0 Å². The number of guanidine groups is 1. The normalized spacial score (nSPS) is 10.8. The second kappa shape index (κ2) is 12.6. The van der Waals surface area contributed by atoms with Crippen LogP contribution in [0.15, 0.2) is 34.6 Å². The minimum absolute atomic E-state index is 0. The van der Waals surface area contributed by atoms with E-state index in [1.165, 1.54) is 4.90 Å². The molecule has 2 aromatic rings. The van der Waals surface area contributed by atoms with E-state index in [1.807, 2.05) is 31.2 Å². The van der Waals surface area contributed by atoms with E-state index in [-0.39, 0.29) is 36.5 Å². The average Bonchev–Trinajstić information content (AvgIpc) is 3.07. The van der Waals surface area contributed by atoms with Gasteiger partial charge in [0.25, 0.3) is 5.91 Å².